The maximum Gasteiger partial charge on any atom is 0.155 e. The lowest BCUT2D eigenvalue weighted by atomic mass is 9.80. The summed E-state index contributed by atoms with van der Waals surface area (Å²) in [4.78, 5) is 0. The van der Waals surface area contributed by atoms with Crippen LogP contribution in [0.3, 0.4) is 0 Å². The highest BCUT2D eigenvalue weighted by molar-refractivity contribution is 7.92. The van der Waals surface area contributed by atoms with Gasteiger partial charge in [-0.15, -0.1) is 0 Å². The summed E-state index contributed by atoms with van der Waals surface area (Å²) in [6.07, 6.45) is 5.42. The predicted molar refractivity (Wildman–Crippen MR) is 70.5 cm³/mol. The minimum Gasteiger partial charge on any atom is -0.325 e. The Bertz CT molecular complexity index is 396. The molecule has 2 saturated carbocycles. The van der Waals surface area contributed by atoms with Crippen LogP contribution < -0.4 is 5.73 Å². The number of nitrogens with two attached hydrogens (primary N) is 1. The summed E-state index contributed by atoms with van der Waals surface area (Å²) < 4.78 is 23.6. The first-order chi connectivity index (χ1) is 7.64. The smallest absolute Gasteiger partial charge is 0.155 e. The predicted octanol–water partition coefficient (Wildman–Crippen LogP) is 2.11. The molecule has 4 heteroatoms. The fourth-order valence-corrected chi connectivity index (χ4v) is 4.68. The van der Waals surface area contributed by atoms with Crippen molar-refractivity contribution >= 4 is 9.84 Å². The molecule has 17 heavy (non-hydrogen) atoms. The standard InChI is InChI=1S/C13H25NO2S/c1-12(2,3)17(15,16)7-6-13(14)9-10-4-5-11(13)8-10/h10-11H,4-9,14H2,1-3H3. The Morgan fingerprint density at radius 2 is 1.94 bits per heavy atom. The third kappa shape index (κ3) is 2.39. The first kappa shape index (κ1) is 13.3. The van der Waals surface area contributed by atoms with E-state index in [4.69, 9.17) is 5.73 Å². The maximum atomic E-state index is 12.1. The second-order valence-electron chi connectivity index (χ2n) is 6.99. The maximum absolute atomic E-state index is 12.1. The van der Waals surface area contributed by atoms with Crippen molar-refractivity contribution in [3.8, 4) is 0 Å². The highest BCUT2D eigenvalue weighted by Crippen LogP contribution is 2.51. The van der Waals surface area contributed by atoms with E-state index in [1.807, 2.05) is 0 Å². The van der Waals surface area contributed by atoms with Gasteiger partial charge in [0.05, 0.1) is 10.5 Å². The van der Waals surface area contributed by atoms with Gasteiger partial charge in [-0.25, -0.2) is 8.42 Å². The molecule has 3 unspecified atom stereocenters. The van der Waals surface area contributed by atoms with Crippen LogP contribution in [0.15, 0.2) is 0 Å². The molecular formula is C13H25NO2S. The molecule has 0 aliphatic heterocycles. The van der Waals surface area contributed by atoms with Crippen LogP contribution in [0.2, 0.25) is 0 Å². The van der Waals surface area contributed by atoms with E-state index in [0.29, 0.717) is 12.3 Å². The average Bonchev–Trinajstić information content (AvgIpc) is 2.73. The zero-order valence-corrected chi connectivity index (χ0v) is 12.0. The third-order valence-electron chi connectivity index (χ3n) is 4.79. The van der Waals surface area contributed by atoms with Gasteiger partial charge in [-0.1, -0.05) is 6.42 Å². The molecule has 0 heterocycles. The highest BCUT2D eigenvalue weighted by atomic mass is 32.2. The molecule has 0 saturated heterocycles. The van der Waals surface area contributed by atoms with Crippen molar-refractivity contribution in [2.24, 2.45) is 17.6 Å². The van der Waals surface area contributed by atoms with Gasteiger partial charge in [0, 0.05) is 5.54 Å². The molecule has 0 spiro atoms. The van der Waals surface area contributed by atoms with Gasteiger partial charge < -0.3 is 5.73 Å². The van der Waals surface area contributed by atoms with Crippen LogP contribution in [-0.4, -0.2) is 24.5 Å². The Kier molecular flexibility index (Phi) is 3.10. The lowest BCUT2D eigenvalue weighted by Gasteiger charge is -2.34. The molecular weight excluding hydrogens is 234 g/mol. The Morgan fingerprint density at radius 3 is 2.35 bits per heavy atom. The molecule has 2 aliphatic rings. The van der Waals surface area contributed by atoms with Crippen molar-refractivity contribution < 1.29 is 8.42 Å². The van der Waals surface area contributed by atoms with Gasteiger partial charge in [0.15, 0.2) is 9.84 Å². The van der Waals surface area contributed by atoms with Gasteiger partial charge in [-0.3, -0.25) is 0 Å². The largest absolute Gasteiger partial charge is 0.325 e. The van der Waals surface area contributed by atoms with E-state index in [-0.39, 0.29) is 11.3 Å². The summed E-state index contributed by atoms with van der Waals surface area (Å²) in [6, 6.07) is 0. The van der Waals surface area contributed by atoms with Gasteiger partial charge in [0.25, 0.3) is 0 Å². The van der Waals surface area contributed by atoms with Gasteiger partial charge in [-0.05, 0) is 58.3 Å². The normalized spacial score (nSPS) is 37.6. The summed E-state index contributed by atoms with van der Waals surface area (Å²) in [7, 11) is -3.02. The van der Waals surface area contributed by atoms with Crippen molar-refractivity contribution in [3.63, 3.8) is 0 Å². The van der Waals surface area contributed by atoms with Crippen LogP contribution in [0.4, 0.5) is 0 Å². The third-order valence-corrected chi connectivity index (χ3v) is 7.40. The molecule has 3 nitrogen and oxygen atoms in total. The Balaban J connectivity index is 2.00. The van der Waals surface area contributed by atoms with Crippen molar-refractivity contribution in [2.45, 2.75) is 63.2 Å². The fraction of sp³-hybridized carbons (Fsp3) is 1.00. The van der Waals surface area contributed by atoms with Crippen LogP contribution in [0, 0.1) is 11.8 Å². The van der Waals surface area contributed by atoms with E-state index in [9.17, 15) is 8.42 Å². The Labute approximate surface area is 105 Å². The summed E-state index contributed by atoms with van der Waals surface area (Å²) >= 11 is 0. The van der Waals surface area contributed by atoms with E-state index >= 15 is 0 Å². The van der Waals surface area contributed by atoms with Crippen molar-refractivity contribution in [3.05, 3.63) is 0 Å². The lowest BCUT2D eigenvalue weighted by Crippen LogP contribution is -2.47. The summed E-state index contributed by atoms with van der Waals surface area (Å²) in [6.45, 7) is 5.31. The minimum absolute atomic E-state index is 0.193. The van der Waals surface area contributed by atoms with Gasteiger partial charge in [0.1, 0.15) is 0 Å². The zero-order chi connectivity index (χ0) is 12.9. The van der Waals surface area contributed by atoms with Crippen LogP contribution >= 0.6 is 0 Å². The SMILES string of the molecule is CC(C)(C)S(=O)(=O)CCC1(N)CC2CCC1C2. The van der Waals surface area contributed by atoms with E-state index in [1.165, 1.54) is 19.3 Å². The number of hydrogen-bond donors (Lipinski definition) is 1. The molecule has 0 aromatic heterocycles. The average molecular weight is 259 g/mol. The fourth-order valence-electron chi connectivity index (χ4n) is 3.42. The van der Waals surface area contributed by atoms with Gasteiger partial charge >= 0.3 is 0 Å². The quantitative estimate of drug-likeness (QED) is 0.844. The zero-order valence-electron chi connectivity index (χ0n) is 11.2. The molecule has 0 aromatic rings. The summed E-state index contributed by atoms with van der Waals surface area (Å²) in [5, 5.41) is 0. The molecule has 0 radical (unpaired) electrons. The number of rotatable bonds is 3. The first-order valence-electron chi connectivity index (χ1n) is 6.65. The highest BCUT2D eigenvalue weighted by Gasteiger charge is 2.48. The van der Waals surface area contributed by atoms with E-state index < -0.39 is 14.6 Å². The van der Waals surface area contributed by atoms with Crippen molar-refractivity contribution in [1.82, 2.24) is 0 Å². The molecule has 0 aromatic carbocycles. The van der Waals surface area contributed by atoms with Gasteiger partial charge in [-0.2, -0.15) is 0 Å². The van der Waals surface area contributed by atoms with Crippen LogP contribution in [0.1, 0.15) is 52.9 Å². The molecule has 3 atom stereocenters. The molecule has 2 aliphatic carbocycles. The molecule has 2 bridgehead atoms. The molecule has 0 amide bonds. The number of sulfone groups is 1. The van der Waals surface area contributed by atoms with Crippen LogP contribution in [0.5, 0.6) is 0 Å². The van der Waals surface area contributed by atoms with E-state index in [2.05, 4.69) is 0 Å². The lowest BCUT2D eigenvalue weighted by molar-refractivity contribution is 0.263. The van der Waals surface area contributed by atoms with Crippen LogP contribution in [0.25, 0.3) is 0 Å². The monoisotopic (exact) mass is 259 g/mol. The van der Waals surface area contributed by atoms with Crippen molar-refractivity contribution in [1.29, 1.82) is 0 Å². The molecule has 2 rings (SSSR count). The summed E-state index contributed by atoms with van der Waals surface area (Å²) in [5.41, 5.74) is 6.24. The number of hydrogen-bond acceptors (Lipinski definition) is 3. The first-order valence-corrected chi connectivity index (χ1v) is 8.30. The molecule has 2 fully saturated rings. The second-order valence-corrected chi connectivity index (χ2v) is 9.86. The van der Waals surface area contributed by atoms with Crippen molar-refractivity contribution in [2.75, 3.05) is 5.75 Å². The molecule has 100 valence electrons. The van der Waals surface area contributed by atoms with E-state index in [1.54, 1.807) is 20.8 Å². The second kappa shape index (κ2) is 3.95. The van der Waals surface area contributed by atoms with E-state index in [0.717, 1.165) is 12.3 Å². The Morgan fingerprint density at radius 1 is 1.29 bits per heavy atom. The minimum atomic E-state index is -3.02. The molecule has 2 N–H and O–H groups in total. The Hall–Kier alpha value is -0.0900. The number of fused-ring (bicyclic) bond motifs is 2. The topological polar surface area (TPSA) is 60.2 Å². The van der Waals surface area contributed by atoms with Gasteiger partial charge in [0.2, 0.25) is 0 Å². The summed E-state index contributed by atoms with van der Waals surface area (Å²) in [5.74, 6) is 1.58. The van der Waals surface area contributed by atoms with Crippen LogP contribution in [-0.2, 0) is 9.84 Å².